The van der Waals surface area contributed by atoms with Gasteiger partial charge in [-0.25, -0.2) is 4.79 Å². The largest absolute Gasteiger partial charge is 0.445 e. The van der Waals surface area contributed by atoms with E-state index in [0.717, 1.165) is 5.56 Å². The van der Waals surface area contributed by atoms with E-state index in [1.807, 2.05) is 50.5 Å². The summed E-state index contributed by atoms with van der Waals surface area (Å²) in [6.07, 6.45) is 1.97. The molecule has 103 valence electrons. The molecule has 1 aromatic rings. The smallest absolute Gasteiger partial charge is 0.410 e. The van der Waals surface area contributed by atoms with Crippen molar-refractivity contribution in [2.45, 2.75) is 32.9 Å². The van der Waals surface area contributed by atoms with Crippen molar-refractivity contribution < 1.29 is 14.3 Å². The minimum Gasteiger partial charge on any atom is -0.445 e. The lowest BCUT2D eigenvalue weighted by Gasteiger charge is -2.23. The van der Waals surface area contributed by atoms with Crippen molar-refractivity contribution in [1.29, 1.82) is 0 Å². The first-order chi connectivity index (χ1) is 9.04. The summed E-state index contributed by atoms with van der Waals surface area (Å²) in [6.45, 7) is 4.19. The van der Waals surface area contributed by atoms with Gasteiger partial charge in [0.1, 0.15) is 12.6 Å². The molecule has 1 aromatic carbocycles. The summed E-state index contributed by atoms with van der Waals surface area (Å²) in [5.74, 6) is 0.316. The molecule has 0 N–H and O–H groups in total. The SMILES string of the molecule is CC(C)C[C@@H]([C]=O)N(C)C(=O)OCc1ccccc1. The minimum absolute atomic E-state index is 0.206. The molecule has 0 aromatic heterocycles. The average molecular weight is 262 g/mol. The van der Waals surface area contributed by atoms with Crippen LogP contribution in [0.4, 0.5) is 4.79 Å². The highest BCUT2D eigenvalue weighted by atomic mass is 16.6. The van der Waals surface area contributed by atoms with Gasteiger partial charge < -0.3 is 9.64 Å². The van der Waals surface area contributed by atoms with Gasteiger partial charge in [0.25, 0.3) is 0 Å². The summed E-state index contributed by atoms with van der Waals surface area (Å²) in [5, 5.41) is 0. The number of nitrogens with zero attached hydrogens (tertiary/aromatic N) is 1. The van der Waals surface area contributed by atoms with Gasteiger partial charge in [0.2, 0.25) is 6.29 Å². The van der Waals surface area contributed by atoms with Gasteiger partial charge >= 0.3 is 6.09 Å². The summed E-state index contributed by atoms with van der Waals surface area (Å²) >= 11 is 0. The highest BCUT2D eigenvalue weighted by molar-refractivity contribution is 5.73. The standard InChI is InChI=1S/C15H20NO3/c1-12(2)9-14(10-17)16(3)15(18)19-11-13-7-5-4-6-8-13/h4-8,12,14H,9,11H2,1-3H3/t14-/m0/s1. The molecular formula is C15H20NO3. The van der Waals surface area contributed by atoms with Crippen LogP contribution >= 0.6 is 0 Å². The second-order valence-electron chi connectivity index (χ2n) is 4.91. The maximum atomic E-state index is 11.8. The third-order valence-corrected chi connectivity index (χ3v) is 2.79. The molecule has 0 aliphatic rings. The summed E-state index contributed by atoms with van der Waals surface area (Å²) in [4.78, 5) is 24.0. The van der Waals surface area contributed by atoms with Crippen molar-refractivity contribution in [3.05, 3.63) is 35.9 Å². The van der Waals surface area contributed by atoms with Crippen LogP contribution in [0.1, 0.15) is 25.8 Å². The molecule has 19 heavy (non-hydrogen) atoms. The Morgan fingerprint density at radius 3 is 2.47 bits per heavy atom. The number of hydrogen-bond donors (Lipinski definition) is 0. The normalized spacial score (nSPS) is 12.0. The Kier molecular flexibility index (Phi) is 6.06. The second kappa shape index (κ2) is 7.56. The molecule has 0 aliphatic heterocycles. The Morgan fingerprint density at radius 2 is 1.95 bits per heavy atom. The van der Waals surface area contributed by atoms with Crippen LogP contribution in [-0.4, -0.2) is 30.4 Å². The first-order valence-electron chi connectivity index (χ1n) is 6.35. The molecule has 0 spiro atoms. The zero-order chi connectivity index (χ0) is 14.3. The molecule has 1 atom stereocenters. The van der Waals surface area contributed by atoms with Crippen LogP contribution in [0.5, 0.6) is 0 Å². The number of amides is 1. The highest BCUT2D eigenvalue weighted by Gasteiger charge is 2.22. The third-order valence-electron chi connectivity index (χ3n) is 2.79. The molecule has 0 heterocycles. The van der Waals surface area contributed by atoms with Crippen molar-refractivity contribution >= 4 is 12.4 Å². The number of carbonyl (C=O) groups excluding carboxylic acids is 2. The van der Waals surface area contributed by atoms with E-state index < -0.39 is 12.1 Å². The fourth-order valence-corrected chi connectivity index (χ4v) is 1.68. The van der Waals surface area contributed by atoms with E-state index in [1.165, 1.54) is 4.90 Å². The number of rotatable bonds is 6. The fraction of sp³-hybridized carbons (Fsp3) is 0.467. The van der Waals surface area contributed by atoms with Gasteiger partial charge in [-0.1, -0.05) is 44.2 Å². The molecule has 0 saturated carbocycles. The predicted molar refractivity (Wildman–Crippen MR) is 73.3 cm³/mol. The molecular weight excluding hydrogens is 242 g/mol. The van der Waals surface area contributed by atoms with Crippen LogP contribution in [0.2, 0.25) is 0 Å². The summed E-state index contributed by atoms with van der Waals surface area (Å²) in [7, 11) is 1.56. The number of hydrogen-bond acceptors (Lipinski definition) is 3. The Hall–Kier alpha value is -1.84. The van der Waals surface area contributed by atoms with E-state index in [9.17, 15) is 9.59 Å². The summed E-state index contributed by atoms with van der Waals surface area (Å²) in [6, 6.07) is 8.87. The Balaban J connectivity index is 2.50. The monoisotopic (exact) mass is 262 g/mol. The number of ether oxygens (including phenoxy) is 1. The van der Waals surface area contributed by atoms with Crippen LogP contribution in [-0.2, 0) is 16.1 Å². The lowest BCUT2D eigenvalue weighted by molar-refractivity contribution is 0.0962. The van der Waals surface area contributed by atoms with E-state index in [4.69, 9.17) is 4.74 Å². The Bertz CT molecular complexity index is 403. The quantitative estimate of drug-likeness (QED) is 0.792. The van der Waals surface area contributed by atoms with Crippen molar-refractivity contribution in [2.75, 3.05) is 7.05 Å². The van der Waals surface area contributed by atoms with Crippen molar-refractivity contribution in [2.24, 2.45) is 5.92 Å². The molecule has 1 amide bonds. The molecule has 4 nitrogen and oxygen atoms in total. The van der Waals surface area contributed by atoms with Crippen LogP contribution in [0.15, 0.2) is 30.3 Å². The highest BCUT2D eigenvalue weighted by Crippen LogP contribution is 2.10. The van der Waals surface area contributed by atoms with Crippen molar-refractivity contribution in [3.63, 3.8) is 0 Å². The number of carbonyl (C=O) groups is 1. The fourth-order valence-electron chi connectivity index (χ4n) is 1.68. The maximum absolute atomic E-state index is 11.8. The van der Waals surface area contributed by atoms with E-state index in [1.54, 1.807) is 7.05 Å². The van der Waals surface area contributed by atoms with Gasteiger partial charge in [-0.15, -0.1) is 0 Å². The molecule has 0 saturated heterocycles. The summed E-state index contributed by atoms with van der Waals surface area (Å²) < 4.78 is 5.16. The third kappa shape index (κ3) is 5.12. The van der Waals surface area contributed by atoms with Gasteiger partial charge in [-0.3, -0.25) is 4.79 Å². The van der Waals surface area contributed by atoms with Crippen LogP contribution in [0, 0.1) is 5.92 Å². The van der Waals surface area contributed by atoms with Gasteiger partial charge in [0.05, 0.1) is 0 Å². The zero-order valence-corrected chi connectivity index (χ0v) is 11.6. The van der Waals surface area contributed by atoms with E-state index in [2.05, 4.69) is 0 Å². The molecule has 0 aliphatic carbocycles. The van der Waals surface area contributed by atoms with Crippen LogP contribution < -0.4 is 0 Å². The average Bonchev–Trinajstić information content (AvgIpc) is 2.42. The number of benzene rings is 1. The molecule has 1 rings (SSSR count). The molecule has 0 bridgehead atoms. The van der Waals surface area contributed by atoms with Crippen LogP contribution in [0.25, 0.3) is 0 Å². The second-order valence-corrected chi connectivity index (χ2v) is 4.91. The van der Waals surface area contributed by atoms with Gasteiger partial charge in [-0.05, 0) is 17.9 Å². The lowest BCUT2D eigenvalue weighted by Crippen LogP contribution is -2.39. The Labute approximate surface area is 114 Å². The topological polar surface area (TPSA) is 46.6 Å². The zero-order valence-electron chi connectivity index (χ0n) is 11.6. The van der Waals surface area contributed by atoms with E-state index in [0.29, 0.717) is 12.3 Å². The van der Waals surface area contributed by atoms with Crippen molar-refractivity contribution in [1.82, 2.24) is 4.90 Å². The van der Waals surface area contributed by atoms with Crippen molar-refractivity contribution in [3.8, 4) is 0 Å². The maximum Gasteiger partial charge on any atom is 0.410 e. The summed E-state index contributed by atoms with van der Waals surface area (Å²) in [5.41, 5.74) is 0.916. The van der Waals surface area contributed by atoms with Crippen LogP contribution in [0.3, 0.4) is 0 Å². The lowest BCUT2D eigenvalue weighted by atomic mass is 10.0. The predicted octanol–water partition coefficient (Wildman–Crippen LogP) is 2.78. The van der Waals surface area contributed by atoms with E-state index in [-0.39, 0.29) is 6.61 Å². The molecule has 0 fully saturated rings. The molecule has 1 radical (unpaired) electrons. The minimum atomic E-state index is -0.553. The Morgan fingerprint density at radius 1 is 1.32 bits per heavy atom. The van der Waals surface area contributed by atoms with Gasteiger partial charge in [-0.2, -0.15) is 0 Å². The van der Waals surface area contributed by atoms with Gasteiger partial charge in [0, 0.05) is 7.05 Å². The molecule has 4 heteroatoms. The van der Waals surface area contributed by atoms with Gasteiger partial charge in [0.15, 0.2) is 0 Å². The van der Waals surface area contributed by atoms with E-state index >= 15 is 0 Å². The first kappa shape index (κ1) is 15.2. The molecule has 0 unspecified atom stereocenters. The number of likely N-dealkylation sites (N-methyl/N-ethyl adjacent to an activating group) is 1. The first-order valence-corrected chi connectivity index (χ1v) is 6.35.